The maximum Gasteiger partial charge on any atom is 0.314 e. The predicted molar refractivity (Wildman–Crippen MR) is 74.2 cm³/mol. The van der Waals surface area contributed by atoms with Crippen LogP contribution in [-0.4, -0.2) is 21.9 Å². The Balaban J connectivity index is 2.07. The Labute approximate surface area is 116 Å². The quantitative estimate of drug-likeness (QED) is 0.643. The van der Waals surface area contributed by atoms with Crippen molar-refractivity contribution in [3.05, 3.63) is 27.9 Å². The highest BCUT2D eigenvalue weighted by Crippen LogP contribution is 2.30. The van der Waals surface area contributed by atoms with Crippen molar-refractivity contribution in [2.24, 2.45) is 11.7 Å². The molecule has 1 fully saturated rings. The Kier molecular flexibility index (Phi) is 4.16. The van der Waals surface area contributed by atoms with Crippen molar-refractivity contribution >= 4 is 17.4 Å². The van der Waals surface area contributed by atoms with Gasteiger partial charge in [-0.3, -0.25) is 14.9 Å². The third kappa shape index (κ3) is 3.04. The lowest BCUT2D eigenvalue weighted by Gasteiger charge is -2.27. The molecular weight excluding hydrogens is 260 g/mol. The van der Waals surface area contributed by atoms with Gasteiger partial charge in [-0.05, 0) is 38.7 Å². The topological polar surface area (TPSA) is 111 Å². The number of anilines is 1. The second-order valence-corrected chi connectivity index (χ2v) is 5.18. The van der Waals surface area contributed by atoms with Crippen LogP contribution >= 0.6 is 0 Å². The summed E-state index contributed by atoms with van der Waals surface area (Å²) in [7, 11) is 0. The molecule has 1 aliphatic carbocycles. The zero-order valence-corrected chi connectivity index (χ0v) is 11.3. The predicted octanol–water partition coefficient (Wildman–Crippen LogP) is 1.75. The molecule has 20 heavy (non-hydrogen) atoms. The molecule has 3 N–H and O–H groups in total. The summed E-state index contributed by atoms with van der Waals surface area (Å²) in [4.78, 5) is 25.8. The van der Waals surface area contributed by atoms with Crippen molar-refractivity contribution in [1.29, 1.82) is 0 Å². The number of rotatable bonds is 4. The number of nitrogens with two attached hydrogens (primary N) is 1. The highest BCUT2D eigenvalue weighted by atomic mass is 16.6. The number of hydrogen-bond acceptors (Lipinski definition) is 5. The summed E-state index contributed by atoms with van der Waals surface area (Å²) in [6, 6.07) is 1.71. The molecule has 2 rings (SSSR count). The minimum absolute atomic E-state index is 0.0181. The number of nitrogens with zero attached hydrogens (tertiary/aromatic N) is 2. The molecule has 0 aliphatic heterocycles. The van der Waals surface area contributed by atoms with Crippen molar-refractivity contribution in [2.45, 2.75) is 38.6 Å². The molecule has 0 bridgehead atoms. The smallest absolute Gasteiger partial charge is 0.314 e. The van der Waals surface area contributed by atoms with Crippen molar-refractivity contribution in [3.63, 3.8) is 0 Å². The van der Waals surface area contributed by atoms with E-state index in [-0.39, 0.29) is 23.6 Å². The van der Waals surface area contributed by atoms with Gasteiger partial charge in [-0.1, -0.05) is 0 Å². The zero-order valence-electron chi connectivity index (χ0n) is 11.3. The molecule has 0 saturated heterocycles. The Morgan fingerprint density at radius 2 is 2.10 bits per heavy atom. The average molecular weight is 278 g/mol. The molecule has 0 spiro atoms. The van der Waals surface area contributed by atoms with E-state index >= 15 is 0 Å². The molecule has 0 atom stereocenters. The van der Waals surface area contributed by atoms with E-state index in [1.54, 1.807) is 19.2 Å². The summed E-state index contributed by atoms with van der Waals surface area (Å²) < 4.78 is 0. The van der Waals surface area contributed by atoms with Crippen LogP contribution < -0.4 is 11.1 Å². The van der Waals surface area contributed by atoms with Gasteiger partial charge in [0.2, 0.25) is 11.7 Å². The molecule has 1 saturated carbocycles. The maximum atomic E-state index is 11.1. The molecule has 1 aliphatic rings. The molecule has 7 heteroatoms. The van der Waals surface area contributed by atoms with Crippen LogP contribution in [0.2, 0.25) is 0 Å². The van der Waals surface area contributed by atoms with Gasteiger partial charge in [0.1, 0.15) is 0 Å². The second-order valence-electron chi connectivity index (χ2n) is 5.18. The summed E-state index contributed by atoms with van der Waals surface area (Å²) in [6.07, 6.45) is 4.51. The fourth-order valence-corrected chi connectivity index (χ4v) is 2.60. The fourth-order valence-electron chi connectivity index (χ4n) is 2.60. The summed E-state index contributed by atoms with van der Waals surface area (Å²) in [5, 5.41) is 14.2. The third-order valence-electron chi connectivity index (χ3n) is 3.78. The number of amides is 1. The third-order valence-corrected chi connectivity index (χ3v) is 3.78. The summed E-state index contributed by atoms with van der Waals surface area (Å²) in [5.74, 6) is -0.0332. The average Bonchev–Trinajstić information content (AvgIpc) is 2.39. The molecule has 1 aromatic rings. The van der Waals surface area contributed by atoms with Gasteiger partial charge in [0.15, 0.2) is 0 Å². The van der Waals surface area contributed by atoms with Crippen LogP contribution in [0.15, 0.2) is 12.3 Å². The first-order valence-corrected chi connectivity index (χ1v) is 6.65. The van der Waals surface area contributed by atoms with E-state index < -0.39 is 4.92 Å². The number of aryl methyl sites for hydroxylation is 1. The number of nitrogens with one attached hydrogen (secondary N) is 1. The van der Waals surface area contributed by atoms with Gasteiger partial charge in [-0.15, -0.1) is 0 Å². The van der Waals surface area contributed by atoms with E-state index in [9.17, 15) is 14.9 Å². The molecule has 0 radical (unpaired) electrons. The second kappa shape index (κ2) is 5.85. The molecule has 1 amide bonds. The molecule has 1 aromatic heterocycles. The standard InChI is InChI=1S/C13H18N4O3/c1-8-6-7-15-13(11(8)17(19)20)16-10-4-2-9(3-5-10)12(14)18/h6-7,9-10H,2-5H2,1H3,(H2,14,18)(H,15,16). The Morgan fingerprint density at radius 1 is 1.45 bits per heavy atom. The van der Waals surface area contributed by atoms with E-state index in [4.69, 9.17) is 5.73 Å². The fraction of sp³-hybridized carbons (Fsp3) is 0.538. The van der Waals surface area contributed by atoms with Gasteiger partial charge < -0.3 is 11.1 Å². The van der Waals surface area contributed by atoms with Crippen LogP contribution in [0.5, 0.6) is 0 Å². The van der Waals surface area contributed by atoms with Crippen molar-refractivity contribution in [3.8, 4) is 0 Å². The van der Waals surface area contributed by atoms with E-state index in [2.05, 4.69) is 10.3 Å². The van der Waals surface area contributed by atoms with Gasteiger partial charge in [0.25, 0.3) is 0 Å². The molecule has 0 aromatic carbocycles. The zero-order chi connectivity index (χ0) is 14.7. The number of pyridine rings is 1. The van der Waals surface area contributed by atoms with E-state index in [0.29, 0.717) is 24.2 Å². The van der Waals surface area contributed by atoms with Crippen LogP contribution in [-0.2, 0) is 4.79 Å². The highest BCUT2D eigenvalue weighted by molar-refractivity contribution is 5.76. The largest absolute Gasteiger partial charge is 0.369 e. The Hall–Kier alpha value is -2.18. The molecule has 1 heterocycles. The molecule has 7 nitrogen and oxygen atoms in total. The summed E-state index contributed by atoms with van der Waals surface area (Å²) in [5.41, 5.74) is 5.89. The Bertz CT molecular complexity index is 524. The summed E-state index contributed by atoms with van der Waals surface area (Å²) >= 11 is 0. The first-order chi connectivity index (χ1) is 9.49. The number of carbonyl (C=O) groups excluding carboxylic acids is 1. The highest BCUT2D eigenvalue weighted by Gasteiger charge is 2.27. The van der Waals surface area contributed by atoms with Crippen LogP contribution in [0.3, 0.4) is 0 Å². The lowest BCUT2D eigenvalue weighted by Crippen LogP contribution is -2.32. The molecule has 0 unspecified atom stereocenters. The minimum atomic E-state index is -0.417. The number of aromatic nitrogens is 1. The van der Waals surface area contributed by atoms with Crippen LogP contribution in [0, 0.1) is 23.0 Å². The van der Waals surface area contributed by atoms with E-state index in [1.165, 1.54) is 0 Å². The number of hydrogen-bond donors (Lipinski definition) is 2. The molecule has 108 valence electrons. The lowest BCUT2D eigenvalue weighted by molar-refractivity contribution is -0.384. The van der Waals surface area contributed by atoms with Gasteiger partial charge in [-0.25, -0.2) is 4.98 Å². The van der Waals surface area contributed by atoms with Gasteiger partial charge in [0, 0.05) is 23.7 Å². The van der Waals surface area contributed by atoms with E-state index in [0.717, 1.165) is 12.8 Å². The van der Waals surface area contributed by atoms with Crippen LogP contribution in [0.1, 0.15) is 31.2 Å². The van der Waals surface area contributed by atoms with Gasteiger partial charge >= 0.3 is 5.69 Å². The lowest BCUT2D eigenvalue weighted by atomic mass is 9.85. The van der Waals surface area contributed by atoms with Crippen LogP contribution in [0.25, 0.3) is 0 Å². The van der Waals surface area contributed by atoms with Crippen molar-refractivity contribution in [1.82, 2.24) is 4.98 Å². The Morgan fingerprint density at radius 3 is 2.65 bits per heavy atom. The molecular formula is C13H18N4O3. The van der Waals surface area contributed by atoms with E-state index in [1.807, 2.05) is 0 Å². The van der Waals surface area contributed by atoms with Gasteiger partial charge in [0.05, 0.1) is 4.92 Å². The maximum absolute atomic E-state index is 11.1. The van der Waals surface area contributed by atoms with Crippen LogP contribution in [0.4, 0.5) is 11.5 Å². The number of primary amides is 1. The van der Waals surface area contributed by atoms with Gasteiger partial charge in [-0.2, -0.15) is 0 Å². The number of nitro groups is 1. The number of carbonyl (C=O) groups is 1. The monoisotopic (exact) mass is 278 g/mol. The first-order valence-electron chi connectivity index (χ1n) is 6.65. The minimum Gasteiger partial charge on any atom is -0.369 e. The van der Waals surface area contributed by atoms with Crippen molar-refractivity contribution in [2.75, 3.05) is 5.32 Å². The first kappa shape index (κ1) is 14.2. The SMILES string of the molecule is Cc1ccnc(NC2CCC(C(N)=O)CC2)c1[N+](=O)[O-]. The summed E-state index contributed by atoms with van der Waals surface area (Å²) in [6.45, 7) is 1.69. The van der Waals surface area contributed by atoms with Crippen molar-refractivity contribution < 1.29 is 9.72 Å². The normalized spacial score (nSPS) is 22.2.